The predicted octanol–water partition coefficient (Wildman–Crippen LogP) is -7.27. The molecule has 0 unspecified atom stereocenters. The van der Waals surface area contributed by atoms with Crippen molar-refractivity contribution in [3.8, 4) is 0 Å². The van der Waals surface area contributed by atoms with Crippen LogP contribution in [0.2, 0.25) is 0 Å². The van der Waals surface area contributed by atoms with Crippen LogP contribution >= 0.6 is 0 Å². The molecule has 0 heterocycles. The van der Waals surface area contributed by atoms with Crippen molar-refractivity contribution in [3.05, 3.63) is 34.9 Å². The van der Waals surface area contributed by atoms with E-state index >= 15 is 0 Å². The number of carboxylic acids is 2. The van der Waals surface area contributed by atoms with E-state index in [0.717, 1.165) is 0 Å². The van der Waals surface area contributed by atoms with Gasteiger partial charge < -0.3 is 19.8 Å². The molecule has 0 fully saturated rings. The van der Waals surface area contributed by atoms with Gasteiger partial charge in [0.15, 0.2) is 0 Å². The fourth-order valence-corrected chi connectivity index (χ4v) is 1.00. The van der Waals surface area contributed by atoms with E-state index < -0.39 is 11.9 Å². The van der Waals surface area contributed by atoms with E-state index in [0.29, 0.717) is 5.56 Å². The van der Waals surface area contributed by atoms with Crippen LogP contribution in [0, 0.1) is 6.92 Å². The van der Waals surface area contributed by atoms with Crippen LogP contribution in [0.1, 0.15) is 26.3 Å². The summed E-state index contributed by atoms with van der Waals surface area (Å²) in [4.78, 5) is 20.9. The molecule has 0 atom stereocenters. The molecular formula is C9H6Na2O4. The van der Waals surface area contributed by atoms with Crippen molar-refractivity contribution >= 4 is 11.9 Å². The van der Waals surface area contributed by atoms with Crippen LogP contribution in [0.3, 0.4) is 0 Å². The van der Waals surface area contributed by atoms with Crippen molar-refractivity contribution in [2.24, 2.45) is 0 Å². The molecule has 0 spiro atoms. The second kappa shape index (κ2) is 7.44. The van der Waals surface area contributed by atoms with Gasteiger partial charge in [0.2, 0.25) is 0 Å². The normalized spacial score (nSPS) is 8.33. The summed E-state index contributed by atoms with van der Waals surface area (Å²) < 4.78 is 0. The molecule has 0 aliphatic carbocycles. The maximum absolute atomic E-state index is 10.5. The topological polar surface area (TPSA) is 80.3 Å². The number of benzene rings is 1. The van der Waals surface area contributed by atoms with Crippen LogP contribution in [0.25, 0.3) is 0 Å². The molecular weight excluding hydrogens is 218 g/mol. The molecule has 0 N–H and O–H groups in total. The summed E-state index contributed by atoms with van der Waals surface area (Å²) in [6.07, 6.45) is 0. The third-order valence-corrected chi connectivity index (χ3v) is 1.61. The molecule has 4 nitrogen and oxygen atoms in total. The summed E-state index contributed by atoms with van der Waals surface area (Å²) in [7, 11) is 0. The van der Waals surface area contributed by atoms with E-state index in [1.807, 2.05) is 0 Å². The Kier molecular flexibility index (Phi) is 8.70. The maximum atomic E-state index is 10.5. The first-order chi connectivity index (χ1) is 6.02. The van der Waals surface area contributed by atoms with Crippen LogP contribution in [0.15, 0.2) is 18.2 Å². The molecule has 1 aromatic carbocycles. The molecule has 1 rings (SSSR count). The van der Waals surface area contributed by atoms with Crippen LogP contribution in [0.5, 0.6) is 0 Å². The Balaban J connectivity index is 0. The number of carbonyl (C=O) groups is 2. The van der Waals surface area contributed by atoms with Gasteiger partial charge in [0.25, 0.3) is 0 Å². The van der Waals surface area contributed by atoms with Crippen LogP contribution in [0.4, 0.5) is 0 Å². The zero-order chi connectivity index (χ0) is 10.0. The van der Waals surface area contributed by atoms with Crippen LogP contribution in [-0.2, 0) is 0 Å². The zero-order valence-corrected chi connectivity index (χ0v) is 12.9. The Morgan fingerprint density at radius 2 is 1.47 bits per heavy atom. The van der Waals surface area contributed by atoms with Gasteiger partial charge in [-0.05, 0) is 13.0 Å². The van der Waals surface area contributed by atoms with E-state index in [1.165, 1.54) is 18.2 Å². The van der Waals surface area contributed by atoms with Gasteiger partial charge in [0.1, 0.15) is 0 Å². The molecule has 0 aliphatic heterocycles. The van der Waals surface area contributed by atoms with Gasteiger partial charge in [-0.15, -0.1) is 0 Å². The van der Waals surface area contributed by atoms with Crippen LogP contribution < -0.4 is 69.3 Å². The van der Waals surface area contributed by atoms with Gasteiger partial charge in [-0.1, -0.05) is 17.7 Å². The van der Waals surface area contributed by atoms with E-state index in [-0.39, 0.29) is 70.2 Å². The van der Waals surface area contributed by atoms with Crippen molar-refractivity contribution in [3.63, 3.8) is 0 Å². The maximum Gasteiger partial charge on any atom is 1.00 e. The molecule has 0 saturated carbocycles. The minimum Gasteiger partial charge on any atom is -0.545 e. The predicted molar refractivity (Wildman–Crippen MR) is 39.8 cm³/mol. The van der Waals surface area contributed by atoms with E-state index in [2.05, 4.69) is 0 Å². The number of carboxylic acid groups (broad SMARTS) is 2. The average molecular weight is 224 g/mol. The minimum absolute atomic E-state index is 0. The second-order valence-corrected chi connectivity index (χ2v) is 2.62. The molecule has 68 valence electrons. The van der Waals surface area contributed by atoms with Gasteiger partial charge in [-0.3, -0.25) is 0 Å². The molecule has 0 aliphatic rings. The molecule has 0 aromatic heterocycles. The van der Waals surface area contributed by atoms with Crippen molar-refractivity contribution in [1.29, 1.82) is 0 Å². The second-order valence-electron chi connectivity index (χ2n) is 2.62. The molecule has 0 saturated heterocycles. The summed E-state index contributed by atoms with van der Waals surface area (Å²) in [5.41, 5.74) is -0.0465. The van der Waals surface area contributed by atoms with Crippen molar-refractivity contribution in [1.82, 2.24) is 0 Å². The van der Waals surface area contributed by atoms with Crippen molar-refractivity contribution < 1.29 is 78.9 Å². The Labute approximate surface area is 131 Å². The number of hydrogen-bond acceptors (Lipinski definition) is 4. The number of rotatable bonds is 2. The largest absolute Gasteiger partial charge is 1.00 e. The van der Waals surface area contributed by atoms with Gasteiger partial charge >= 0.3 is 59.1 Å². The minimum atomic E-state index is -1.51. The quantitative estimate of drug-likeness (QED) is 0.467. The standard InChI is InChI=1S/C9H8O4.2Na/c1-5-2-3-6(8(10)11)7(4-5)9(12)13;;/h2-4H,1H3,(H,10,11)(H,12,13);;/q;2*+1/p-2. The summed E-state index contributed by atoms with van der Waals surface area (Å²) in [6.45, 7) is 1.66. The molecule has 0 amide bonds. The monoisotopic (exact) mass is 224 g/mol. The Bertz CT molecular complexity index is 376. The Morgan fingerprint density at radius 3 is 1.87 bits per heavy atom. The summed E-state index contributed by atoms with van der Waals surface area (Å²) in [5, 5.41) is 20.9. The number of aryl methyl sites for hydroxylation is 1. The Hall–Kier alpha value is 0.160. The smallest absolute Gasteiger partial charge is 0.545 e. The molecule has 1 aromatic rings. The van der Waals surface area contributed by atoms with E-state index in [4.69, 9.17) is 0 Å². The summed E-state index contributed by atoms with van der Waals surface area (Å²) in [6, 6.07) is 3.92. The summed E-state index contributed by atoms with van der Waals surface area (Å²) >= 11 is 0. The fraction of sp³-hybridized carbons (Fsp3) is 0.111. The van der Waals surface area contributed by atoms with Gasteiger partial charge in [-0.25, -0.2) is 0 Å². The first kappa shape index (κ1) is 17.6. The SMILES string of the molecule is Cc1ccc(C(=O)[O-])c(C(=O)[O-])c1.[Na+].[Na+]. The fourth-order valence-electron chi connectivity index (χ4n) is 1.00. The first-order valence-electron chi connectivity index (χ1n) is 3.55. The number of aromatic carboxylic acids is 2. The first-order valence-corrected chi connectivity index (χ1v) is 3.55. The Morgan fingerprint density at radius 1 is 1.00 bits per heavy atom. The van der Waals surface area contributed by atoms with Gasteiger partial charge in [0, 0.05) is 11.1 Å². The number of carbonyl (C=O) groups excluding carboxylic acids is 2. The molecule has 0 radical (unpaired) electrons. The van der Waals surface area contributed by atoms with Crippen LogP contribution in [-0.4, -0.2) is 11.9 Å². The molecule has 0 bridgehead atoms. The van der Waals surface area contributed by atoms with Gasteiger partial charge in [-0.2, -0.15) is 0 Å². The van der Waals surface area contributed by atoms with E-state index in [1.54, 1.807) is 6.92 Å². The zero-order valence-electron chi connectivity index (χ0n) is 8.87. The third kappa shape index (κ3) is 4.68. The van der Waals surface area contributed by atoms with Gasteiger partial charge in [0.05, 0.1) is 11.9 Å². The third-order valence-electron chi connectivity index (χ3n) is 1.61. The van der Waals surface area contributed by atoms with Crippen molar-refractivity contribution in [2.45, 2.75) is 6.92 Å². The average Bonchev–Trinajstić information content (AvgIpc) is 2.03. The van der Waals surface area contributed by atoms with E-state index in [9.17, 15) is 19.8 Å². The molecule has 15 heavy (non-hydrogen) atoms. The number of hydrogen-bond donors (Lipinski definition) is 0. The molecule has 6 heteroatoms. The summed E-state index contributed by atoms with van der Waals surface area (Å²) in [5.74, 6) is -3.03. The van der Waals surface area contributed by atoms with Crippen molar-refractivity contribution in [2.75, 3.05) is 0 Å².